The van der Waals surface area contributed by atoms with E-state index in [4.69, 9.17) is 4.74 Å². The van der Waals surface area contributed by atoms with Gasteiger partial charge >= 0.3 is 6.03 Å². The highest BCUT2D eigenvalue weighted by Gasteiger charge is 2.27. The van der Waals surface area contributed by atoms with Gasteiger partial charge < -0.3 is 20.3 Å². The molecule has 2 aromatic rings. The first-order valence-corrected chi connectivity index (χ1v) is 10.4. The quantitative estimate of drug-likeness (QED) is 0.718. The molecule has 0 radical (unpaired) electrons. The number of nitrogens with one attached hydrogen (secondary N) is 2. The number of para-hydroxylation sites is 1. The molecule has 0 spiro atoms. The third-order valence-electron chi connectivity index (χ3n) is 5.49. The van der Waals surface area contributed by atoms with Gasteiger partial charge in [0.25, 0.3) is 0 Å². The van der Waals surface area contributed by atoms with Crippen molar-refractivity contribution in [1.29, 1.82) is 0 Å². The zero-order valence-electron chi connectivity index (χ0n) is 16.7. The van der Waals surface area contributed by atoms with E-state index in [0.717, 1.165) is 49.5 Å². The molecule has 8 heteroatoms. The molecule has 0 atom stereocenters. The second-order valence-electron chi connectivity index (χ2n) is 7.97. The molecule has 2 N–H and O–H groups in total. The predicted molar refractivity (Wildman–Crippen MR) is 109 cm³/mol. The molecule has 6 nitrogen and oxygen atoms in total. The summed E-state index contributed by atoms with van der Waals surface area (Å²) in [5, 5.41) is 4.74. The van der Waals surface area contributed by atoms with Gasteiger partial charge in [-0.2, -0.15) is 0 Å². The molecule has 2 aliphatic rings. The molecule has 1 aliphatic carbocycles. The maximum Gasteiger partial charge on any atom is 0.319 e. The fraction of sp³-hybridized carbons (Fsp3) is 0.455. The molecule has 1 saturated carbocycles. The average molecular weight is 416 g/mol. The van der Waals surface area contributed by atoms with Gasteiger partial charge in [0.05, 0.1) is 0 Å². The number of benzene rings is 1. The number of hydrogen-bond acceptors (Lipinski definition) is 4. The minimum atomic E-state index is -0.827. The molecule has 2 fully saturated rings. The monoisotopic (exact) mass is 416 g/mol. The van der Waals surface area contributed by atoms with Crippen molar-refractivity contribution < 1.29 is 18.3 Å². The highest BCUT2D eigenvalue weighted by Crippen LogP contribution is 2.30. The molecule has 0 bridgehead atoms. The Morgan fingerprint density at radius 3 is 2.47 bits per heavy atom. The molecule has 1 aromatic carbocycles. The van der Waals surface area contributed by atoms with Crippen LogP contribution in [-0.2, 0) is 6.54 Å². The first-order valence-electron chi connectivity index (χ1n) is 10.4. The maximum absolute atomic E-state index is 13.6. The molecular weight excluding hydrogens is 390 g/mol. The summed E-state index contributed by atoms with van der Waals surface area (Å²) in [5.74, 6) is -0.172. The number of ether oxygens (including phenoxy) is 1. The third-order valence-corrected chi connectivity index (χ3v) is 5.49. The standard InChI is InChI=1S/C22H26F2N4O2/c23-18-2-1-3-19(24)21(18)27-22(29)26-13-16-6-7-20(25-12-16)30-17-8-10-28(11-9-17)14-15-4-5-15/h1-3,6-7,12,15,17H,4-5,8-11,13-14H2,(H2,26,27,29). The second kappa shape index (κ2) is 9.38. The van der Waals surface area contributed by atoms with E-state index in [1.54, 1.807) is 12.3 Å². The number of carbonyl (C=O) groups is 1. The zero-order chi connectivity index (χ0) is 20.9. The lowest BCUT2D eigenvalue weighted by molar-refractivity contribution is 0.0944. The fourth-order valence-corrected chi connectivity index (χ4v) is 3.59. The Morgan fingerprint density at radius 2 is 1.83 bits per heavy atom. The predicted octanol–water partition coefficient (Wildman–Crippen LogP) is 3.93. The normalized spacial score (nSPS) is 17.5. The molecule has 1 aromatic heterocycles. The molecule has 4 rings (SSSR count). The van der Waals surface area contributed by atoms with Gasteiger partial charge in [-0.1, -0.05) is 12.1 Å². The molecule has 160 valence electrons. The minimum Gasteiger partial charge on any atom is -0.474 e. The summed E-state index contributed by atoms with van der Waals surface area (Å²) in [4.78, 5) is 18.8. The number of urea groups is 1. The van der Waals surface area contributed by atoms with Crippen LogP contribution in [0.1, 0.15) is 31.2 Å². The topological polar surface area (TPSA) is 66.5 Å². The number of aromatic nitrogens is 1. The first kappa shape index (κ1) is 20.5. The van der Waals surface area contributed by atoms with Gasteiger partial charge in [-0.25, -0.2) is 18.6 Å². The van der Waals surface area contributed by atoms with Crippen LogP contribution in [0.25, 0.3) is 0 Å². The largest absolute Gasteiger partial charge is 0.474 e. The summed E-state index contributed by atoms with van der Waals surface area (Å²) in [5.41, 5.74) is 0.283. The molecule has 0 unspecified atom stereocenters. The van der Waals surface area contributed by atoms with Gasteiger partial charge in [-0.05, 0) is 49.3 Å². The van der Waals surface area contributed by atoms with Gasteiger partial charge in [0, 0.05) is 38.4 Å². The summed E-state index contributed by atoms with van der Waals surface area (Å²) in [6.07, 6.45) is 6.57. The Balaban J connectivity index is 1.20. The van der Waals surface area contributed by atoms with E-state index >= 15 is 0 Å². The van der Waals surface area contributed by atoms with Gasteiger partial charge in [-0.3, -0.25) is 0 Å². The van der Waals surface area contributed by atoms with E-state index in [2.05, 4.69) is 20.5 Å². The van der Waals surface area contributed by atoms with Crippen molar-refractivity contribution in [3.05, 3.63) is 53.7 Å². The van der Waals surface area contributed by atoms with Crippen LogP contribution in [0.15, 0.2) is 36.5 Å². The van der Waals surface area contributed by atoms with E-state index in [1.165, 1.54) is 25.5 Å². The van der Waals surface area contributed by atoms with Crippen LogP contribution < -0.4 is 15.4 Å². The van der Waals surface area contributed by atoms with Crippen molar-refractivity contribution in [3.8, 4) is 5.88 Å². The average Bonchev–Trinajstić information content (AvgIpc) is 3.56. The van der Waals surface area contributed by atoms with Crippen molar-refractivity contribution in [1.82, 2.24) is 15.2 Å². The first-order chi connectivity index (χ1) is 14.6. The van der Waals surface area contributed by atoms with Gasteiger partial charge in [0.1, 0.15) is 23.4 Å². The smallest absolute Gasteiger partial charge is 0.319 e. The van der Waals surface area contributed by atoms with E-state index in [0.29, 0.717) is 5.88 Å². The fourth-order valence-electron chi connectivity index (χ4n) is 3.59. The number of nitrogens with zero attached hydrogens (tertiary/aromatic N) is 2. The number of pyridine rings is 1. The van der Waals surface area contributed by atoms with Gasteiger partial charge in [0.15, 0.2) is 0 Å². The number of piperidine rings is 1. The second-order valence-corrected chi connectivity index (χ2v) is 7.97. The Bertz CT molecular complexity index is 846. The Kier molecular flexibility index (Phi) is 6.42. The highest BCUT2D eigenvalue weighted by atomic mass is 19.1. The lowest BCUT2D eigenvalue weighted by Crippen LogP contribution is -2.39. The lowest BCUT2D eigenvalue weighted by Gasteiger charge is -2.31. The molecule has 30 heavy (non-hydrogen) atoms. The molecule has 2 amide bonds. The van der Waals surface area contributed by atoms with Crippen molar-refractivity contribution in [2.75, 3.05) is 25.0 Å². The summed E-state index contributed by atoms with van der Waals surface area (Å²) in [6.45, 7) is 3.54. The number of amides is 2. The van der Waals surface area contributed by atoms with Crippen LogP contribution >= 0.6 is 0 Å². The van der Waals surface area contributed by atoms with E-state index in [9.17, 15) is 13.6 Å². The molecule has 2 heterocycles. The van der Waals surface area contributed by atoms with E-state index in [1.807, 2.05) is 6.07 Å². The van der Waals surface area contributed by atoms with Crippen LogP contribution in [-0.4, -0.2) is 41.7 Å². The SMILES string of the molecule is O=C(NCc1ccc(OC2CCN(CC3CC3)CC2)nc1)Nc1c(F)cccc1F. The van der Waals surface area contributed by atoms with Gasteiger partial charge in [0.2, 0.25) is 5.88 Å². The number of carbonyl (C=O) groups excluding carboxylic acids is 1. The summed E-state index contributed by atoms with van der Waals surface area (Å²) in [6, 6.07) is 6.30. The van der Waals surface area contributed by atoms with Crippen molar-refractivity contribution in [3.63, 3.8) is 0 Å². The van der Waals surface area contributed by atoms with Crippen LogP contribution in [0.2, 0.25) is 0 Å². The minimum absolute atomic E-state index is 0.175. The highest BCUT2D eigenvalue weighted by molar-refractivity contribution is 5.89. The number of anilines is 1. The Labute approximate surface area is 174 Å². The summed E-state index contributed by atoms with van der Waals surface area (Å²) < 4.78 is 33.2. The van der Waals surface area contributed by atoms with E-state index in [-0.39, 0.29) is 12.6 Å². The third kappa shape index (κ3) is 5.66. The molecule has 1 saturated heterocycles. The Morgan fingerprint density at radius 1 is 1.10 bits per heavy atom. The van der Waals surface area contributed by atoms with Crippen LogP contribution in [0.4, 0.5) is 19.3 Å². The zero-order valence-corrected chi connectivity index (χ0v) is 16.7. The van der Waals surface area contributed by atoms with Crippen molar-refractivity contribution in [2.45, 2.75) is 38.3 Å². The summed E-state index contributed by atoms with van der Waals surface area (Å²) in [7, 11) is 0. The number of hydrogen-bond donors (Lipinski definition) is 2. The van der Waals surface area contributed by atoms with Crippen LogP contribution in [0.5, 0.6) is 5.88 Å². The number of likely N-dealkylation sites (tertiary alicyclic amines) is 1. The number of halogens is 2. The maximum atomic E-state index is 13.6. The molecule has 1 aliphatic heterocycles. The summed E-state index contributed by atoms with van der Waals surface area (Å²) >= 11 is 0. The number of rotatable bonds is 7. The van der Waals surface area contributed by atoms with E-state index < -0.39 is 23.4 Å². The Hall–Kier alpha value is -2.74. The van der Waals surface area contributed by atoms with Crippen molar-refractivity contribution in [2.24, 2.45) is 5.92 Å². The van der Waals surface area contributed by atoms with Crippen molar-refractivity contribution >= 4 is 11.7 Å². The van der Waals surface area contributed by atoms with Gasteiger partial charge in [-0.15, -0.1) is 0 Å². The van der Waals surface area contributed by atoms with Crippen LogP contribution in [0, 0.1) is 17.6 Å². The molecular formula is C22H26F2N4O2. The lowest BCUT2D eigenvalue weighted by atomic mass is 10.1. The van der Waals surface area contributed by atoms with Crippen LogP contribution in [0.3, 0.4) is 0 Å².